The van der Waals surface area contributed by atoms with Gasteiger partial charge in [-0.1, -0.05) is 11.8 Å². The lowest BCUT2D eigenvalue weighted by molar-refractivity contribution is -0.109. The Morgan fingerprint density at radius 3 is 2.88 bits per heavy atom. The van der Waals surface area contributed by atoms with E-state index in [-0.39, 0.29) is 11.0 Å². The second-order valence-corrected chi connectivity index (χ2v) is 7.28. The van der Waals surface area contributed by atoms with E-state index < -0.39 is 5.54 Å². The number of hydrazone groups is 1. The summed E-state index contributed by atoms with van der Waals surface area (Å²) >= 11 is 1.20. The number of thioether (sulfide) groups is 1. The van der Waals surface area contributed by atoms with Crippen LogP contribution in [0.5, 0.6) is 0 Å². The molecule has 0 radical (unpaired) electrons. The predicted molar refractivity (Wildman–Crippen MR) is 104 cm³/mol. The molecule has 0 bridgehead atoms. The standard InChI is InChI=1S/C17H21N5O3S/c1-11(23)26-7-6-19-9-15(22-18)17(2,3)21-16(24)12-4-5-14-13(8-12)20-10-25-14/h4-5,8-10H,6-7,18H2,1-3H3,(H,21,24)/b19-9?,22-15+. The Labute approximate surface area is 155 Å². The number of nitrogens with two attached hydrogens (primary N) is 1. The molecule has 9 heteroatoms. The Hall–Kier alpha value is -2.68. The van der Waals surface area contributed by atoms with E-state index in [1.54, 1.807) is 32.0 Å². The summed E-state index contributed by atoms with van der Waals surface area (Å²) in [4.78, 5) is 31.7. The minimum atomic E-state index is -0.832. The summed E-state index contributed by atoms with van der Waals surface area (Å²) in [6, 6.07) is 5.00. The zero-order valence-corrected chi connectivity index (χ0v) is 15.7. The molecule has 1 aromatic carbocycles. The van der Waals surface area contributed by atoms with Crippen LogP contribution in [0, 0.1) is 0 Å². The van der Waals surface area contributed by atoms with E-state index in [1.807, 2.05) is 0 Å². The number of oxazole rings is 1. The van der Waals surface area contributed by atoms with Gasteiger partial charge in [0.15, 0.2) is 17.1 Å². The average molecular weight is 375 g/mol. The molecule has 0 atom stereocenters. The summed E-state index contributed by atoms with van der Waals surface area (Å²) < 4.78 is 5.17. The van der Waals surface area contributed by atoms with Gasteiger partial charge in [-0.3, -0.25) is 14.6 Å². The molecule has 0 saturated carbocycles. The molecule has 26 heavy (non-hydrogen) atoms. The van der Waals surface area contributed by atoms with Crippen molar-refractivity contribution in [1.29, 1.82) is 0 Å². The van der Waals surface area contributed by atoms with Crippen molar-refractivity contribution in [2.24, 2.45) is 15.9 Å². The molecule has 0 aliphatic rings. The first kappa shape index (κ1) is 19.6. The van der Waals surface area contributed by atoms with Crippen LogP contribution in [0.2, 0.25) is 0 Å². The maximum Gasteiger partial charge on any atom is 0.252 e. The van der Waals surface area contributed by atoms with Gasteiger partial charge < -0.3 is 15.6 Å². The van der Waals surface area contributed by atoms with Crippen molar-refractivity contribution in [3.63, 3.8) is 0 Å². The topological polar surface area (TPSA) is 123 Å². The summed E-state index contributed by atoms with van der Waals surface area (Å²) in [6.07, 6.45) is 2.85. The molecule has 1 aromatic heterocycles. The highest BCUT2D eigenvalue weighted by molar-refractivity contribution is 8.13. The van der Waals surface area contributed by atoms with Crippen LogP contribution in [0.3, 0.4) is 0 Å². The number of hydrogen-bond acceptors (Lipinski definition) is 8. The van der Waals surface area contributed by atoms with Crippen molar-refractivity contribution < 1.29 is 14.0 Å². The van der Waals surface area contributed by atoms with Gasteiger partial charge in [-0.25, -0.2) is 4.98 Å². The van der Waals surface area contributed by atoms with Gasteiger partial charge >= 0.3 is 0 Å². The van der Waals surface area contributed by atoms with Crippen molar-refractivity contribution in [3.8, 4) is 0 Å². The number of aromatic nitrogens is 1. The number of aliphatic imine (C=N–C) groups is 1. The van der Waals surface area contributed by atoms with Gasteiger partial charge in [0, 0.05) is 31.0 Å². The minimum absolute atomic E-state index is 0.0459. The van der Waals surface area contributed by atoms with Gasteiger partial charge in [0.2, 0.25) is 0 Å². The maximum absolute atomic E-state index is 12.5. The lowest BCUT2D eigenvalue weighted by Gasteiger charge is -2.25. The van der Waals surface area contributed by atoms with Gasteiger partial charge in [-0.05, 0) is 32.0 Å². The molecule has 0 saturated heterocycles. The van der Waals surface area contributed by atoms with Gasteiger partial charge in [0.1, 0.15) is 11.2 Å². The molecule has 1 heterocycles. The molecule has 8 nitrogen and oxygen atoms in total. The Morgan fingerprint density at radius 1 is 1.42 bits per heavy atom. The highest BCUT2D eigenvalue weighted by Gasteiger charge is 2.27. The fourth-order valence-corrected chi connectivity index (χ4v) is 2.65. The molecule has 3 N–H and O–H groups in total. The van der Waals surface area contributed by atoms with E-state index in [0.29, 0.717) is 34.7 Å². The summed E-state index contributed by atoms with van der Waals surface area (Å²) in [7, 11) is 0. The predicted octanol–water partition coefficient (Wildman–Crippen LogP) is 2.00. The number of rotatable bonds is 7. The SMILES string of the molecule is CC(=O)SCCN=C/C(=N\N)C(C)(C)NC(=O)c1ccc2ocnc2c1. The van der Waals surface area contributed by atoms with E-state index in [9.17, 15) is 9.59 Å². The smallest absolute Gasteiger partial charge is 0.252 e. The number of amides is 1. The fraction of sp³-hybridized carbons (Fsp3) is 0.353. The summed E-state index contributed by atoms with van der Waals surface area (Å²) in [5, 5.41) is 6.66. The van der Waals surface area contributed by atoms with Crippen LogP contribution in [0.25, 0.3) is 11.1 Å². The second kappa shape index (κ2) is 8.61. The molecule has 2 rings (SSSR count). The zero-order chi connectivity index (χ0) is 19.2. The quantitative estimate of drug-likeness (QED) is 0.330. The minimum Gasteiger partial charge on any atom is -0.443 e. The normalized spacial score (nSPS) is 12.7. The van der Waals surface area contributed by atoms with Gasteiger partial charge in [0.25, 0.3) is 5.91 Å². The number of nitrogens with one attached hydrogen (secondary N) is 1. The molecule has 0 spiro atoms. The average Bonchev–Trinajstić information content (AvgIpc) is 3.04. The van der Waals surface area contributed by atoms with Crippen LogP contribution in [0.4, 0.5) is 0 Å². The van der Waals surface area contributed by atoms with Gasteiger partial charge in [0.05, 0.1) is 5.54 Å². The molecular formula is C17H21N5O3S. The Morgan fingerprint density at radius 2 is 2.19 bits per heavy atom. The van der Waals surface area contributed by atoms with Crippen LogP contribution < -0.4 is 11.2 Å². The fourth-order valence-electron chi connectivity index (χ4n) is 2.17. The van der Waals surface area contributed by atoms with Crippen molar-refractivity contribution in [1.82, 2.24) is 10.3 Å². The van der Waals surface area contributed by atoms with E-state index >= 15 is 0 Å². The first-order chi connectivity index (χ1) is 12.3. The zero-order valence-electron chi connectivity index (χ0n) is 14.9. The maximum atomic E-state index is 12.5. The van der Waals surface area contributed by atoms with E-state index in [0.717, 1.165) is 0 Å². The molecule has 0 aliphatic carbocycles. The first-order valence-electron chi connectivity index (χ1n) is 7.91. The Bertz CT molecular complexity index is 857. The number of carbonyl (C=O) groups is 2. The number of nitrogens with zero attached hydrogens (tertiary/aromatic N) is 3. The van der Waals surface area contributed by atoms with E-state index in [1.165, 1.54) is 31.3 Å². The molecule has 1 amide bonds. The molecular weight excluding hydrogens is 354 g/mol. The third-order valence-corrected chi connectivity index (χ3v) is 4.33. The number of fused-ring (bicyclic) bond motifs is 1. The third-order valence-electron chi connectivity index (χ3n) is 3.54. The van der Waals surface area contributed by atoms with E-state index in [2.05, 4.69) is 20.4 Å². The molecule has 0 unspecified atom stereocenters. The van der Waals surface area contributed by atoms with Crippen LogP contribution in [0.15, 0.2) is 39.1 Å². The largest absolute Gasteiger partial charge is 0.443 e. The van der Waals surface area contributed by atoms with Gasteiger partial charge in [-0.2, -0.15) is 5.10 Å². The van der Waals surface area contributed by atoms with Crippen LogP contribution in [-0.4, -0.2) is 45.8 Å². The first-order valence-corrected chi connectivity index (χ1v) is 8.89. The summed E-state index contributed by atoms with van der Waals surface area (Å²) in [5.74, 6) is 5.75. The van der Waals surface area contributed by atoms with Crippen LogP contribution in [-0.2, 0) is 4.79 Å². The Kier molecular flexibility index (Phi) is 6.51. The summed E-state index contributed by atoms with van der Waals surface area (Å²) in [5.41, 5.74) is 1.25. The lowest BCUT2D eigenvalue weighted by atomic mass is 9.98. The van der Waals surface area contributed by atoms with Gasteiger partial charge in [-0.15, -0.1) is 0 Å². The van der Waals surface area contributed by atoms with Crippen molar-refractivity contribution >= 4 is 45.8 Å². The number of hydrogen-bond donors (Lipinski definition) is 2. The number of carbonyl (C=O) groups excluding carboxylic acids is 2. The van der Waals surface area contributed by atoms with Crippen molar-refractivity contribution in [2.45, 2.75) is 26.3 Å². The van der Waals surface area contributed by atoms with Crippen LogP contribution >= 0.6 is 11.8 Å². The number of benzene rings is 1. The summed E-state index contributed by atoms with van der Waals surface area (Å²) in [6.45, 7) is 5.52. The lowest BCUT2D eigenvalue weighted by Crippen LogP contribution is -2.50. The molecule has 138 valence electrons. The Balaban J connectivity index is 2.03. The molecule has 2 aromatic rings. The van der Waals surface area contributed by atoms with Crippen molar-refractivity contribution in [2.75, 3.05) is 12.3 Å². The second-order valence-electron chi connectivity index (χ2n) is 6.00. The monoisotopic (exact) mass is 375 g/mol. The van der Waals surface area contributed by atoms with Crippen LogP contribution in [0.1, 0.15) is 31.1 Å². The highest BCUT2D eigenvalue weighted by Crippen LogP contribution is 2.15. The highest BCUT2D eigenvalue weighted by atomic mass is 32.2. The van der Waals surface area contributed by atoms with Crippen molar-refractivity contribution in [3.05, 3.63) is 30.2 Å². The molecule has 0 aliphatic heterocycles. The molecule has 0 fully saturated rings. The van der Waals surface area contributed by atoms with E-state index in [4.69, 9.17) is 10.3 Å². The third kappa shape index (κ3) is 5.16.